The molecule has 0 saturated heterocycles. The standard InChI is InChI=1S/C22H24N2O4/c1-15-8-9-19(10-16(15)2)27-14-20-12-21(23-28-20)22(25)24(3)13-17-6-5-7-18(11-17)26-4/h5-12H,13-14H2,1-4H3. The molecule has 1 heterocycles. The van der Waals surface area contributed by atoms with Crippen LogP contribution in [0.5, 0.6) is 11.5 Å². The molecule has 0 fully saturated rings. The lowest BCUT2D eigenvalue weighted by Gasteiger charge is -2.16. The van der Waals surface area contributed by atoms with Gasteiger partial charge < -0.3 is 18.9 Å². The number of nitrogens with zero attached hydrogens (tertiary/aromatic N) is 2. The average Bonchev–Trinajstić information content (AvgIpc) is 3.17. The highest BCUT2D eigenvalue weighted by atomic mass is 16.5. The van der Waals surface area contributed by atoms with Gasteiger partial charge in [-0.1, -0.05) is 23.4 Å². The first-order chi connectivity index (χ1) is 13.5. The van der Waals surface area contributed by atoms with Gasteiger partial charge in [-0.3, -0.25) is 4.79 Å². The van der Waals surface area contributed by atoms with Gasteiger partial charge in [-0.15, -0.1) is 0 Å². The summed E-state index contributed by atoms with van der Waals surface area (Å²) in [5.74, 6) is 1.79. The summed E-state index contributed by atoms with van der Waals surface area (Å²) in [5.41, 5.74) is 3.59. The van der Waals surface area contributed by atoms with Crippen molar-refractivity contribution in [2.24, 2.45) is 0 Å². The van der Waals surface area contributed by atoms with Crippen LogP contribution < -0.4 is 9.47 Å². The Bertz CT molecular complexity index is 965. The van der Waals surface area contributed by atoms with Gasteiger partial charge in [-0.05, 0) is 54.8 Å². The molecular formula is C22H24N2O4. The molecule has 28 heavy (non-hydrogen) atoms. The quantitative estimate of drug-likeness (QED) is 0.616. The third kappa shape index (κ3) is 4.71. The summed E-state index contributed by atoms with van der Waals surface area (Å²) in [6, 6.07) is 15.1. The molecule has 6 heteroatoms. The third-order valence-electron chi connectivity index (χ3n) is 4.54. The van der Waals surface area contributed by atoms with Crippen LogP contribution in [-0.4, -0.2) is 30.1 Å². The Morgan fingerprint density at radius 2 is 1.89 bits per heavy atom. The van der Waals surface area contributed by atoms with Crippen LogP contribution in [0.4, 0.5) is 0 Å². The second-order valence-corrected chi connectivity index (χ2v) is 6.73. The van der Waals surface area contributed by atoms with Crippen molar-refractivity contribution in [3.63, 3.8) is 0 Å². The van der Waals surface area contributed by atoms with E-state index in [0.29, 0.717) is 12.3 Å². The van der Waals surface area contributed by atoms with E-state index in [0.717, 1.165) is 22.6 Å². The van der Waals surface area contributed by atoms with Gasteiger partial charge >= 0.3 is 0 Å². The van der Waals surface area contributed by atoms with Crippen molar-refractivity contribution in [3.05, 3.63) is 76.7 Å². The minimum absolute atomic E-state index is 0.211. The summed E-state index contributed by atoms with van der Waals surface area (Å²) in [5, 5.41) is 3.89. The van der Waals surface area contributed by atoms with Gasteiger partial charge in [0.1, 0.15) is 18.1 Å². The molecule has 0 N–H and O–H groups in total. The van der Waals surface area contributed by atoms with Crippen LogP contribution in [0.1, 0.15) is 32.9 Å². The summed E-state index contributed by atoms with van der Waals surface area (Å²) in [6.45, 7) is 4.74. The molecule has 0 spiro atoms. The molecule has 6 nitrogen and oxygen atoms in total. The highest BCUT2D eigenvalue weighted by Gasteiger charge is 2.17. The zero-order valence-corrected chi connectivity index (χ0v) is 16.6. The predicted molar refractivity (Wildman–Crippen MR) is 106 cm³/mol. The monoisotopic (exact) mass is 380 g/mol. The Kier molecular flexibility index (Phi) is 5.99. The predicted octanol–water partition coefficient (Wildman–Crippen LogP) is 4.15. The van der Waals surface area contributed by atoms with Gasteiger partial charge in [-0.25, -0.2) is 0 Å². The molecular weight excluding hydrogens is 356 g/mol. The van der Waals surface area contributed by atoms with Crippen molar-refractivity contribution in [2.75, 3.05) is 14.2 Å². The summed E-state index contributed by atoms with van der Waals surface area (Å²) in [7, 11) is 3.34. The van der Waals surface area contributed by atoms with Gasteiger partial charge in [-0.2, -0.15) is 0 Å². The van der Waals surface area contributed by atoms with Gasteiger partial charge in [0, 0.05) is 19.7 Å². The maximum atomic E-state index is 12.6. The van der Waals surface area contributed by atoms with Crippen molar-refractivity contribution in [3.8, 4) is 11.5 Å². The number of ether oxygens (including phenoxy) is 2. The topological polar surface area (TPSA) is 64.8 Å². The SMILES string of the molecule is COc1cccc(CN(C)C(=O)c2cc(COc3ccc(C)c(C)c3)on2)c1. The van der Waals surface area contributed by atoms with Gasteiger partial charge in [0.25, 0.3) is 5.91 Å². The number of benzene rings is 2. The highest BCUT2D eigenvalue weighted by Crippen LogP contribution is 2.19. The molecule has 0 aliphatic carbocycles. The number of rotatable bonds is 7. The number of hydrogen-bond acceptors (Lipinski definition) is 5. The maximum absolute atomic E-state index is 12.6. The number of carbonyl (C=O) groups is 1. The maximum Gasteiger partial charge on any atom is 0.276 e. The fraction of sp³-hybridized carbons (Fsp3) is 0.273. The number of hydrogen-bond donors (Lipinski definition) is 0. The van der Waals surface area contributed by atoms with Crippen LogP contribution in [0.25, 0.3) is 0 Å². The zero-order valence-electron chi connectivity index (χ0n) is 16.6. The van der Waals surface area contributed by atoms with Crippen molar-refractivity contribution < 1.29 is 18.8 Å². The van der Waals surface area contributed by atoms with E-state index in [1.165, 1.54) is 5.56 Å². The normalized spacial score (nSPS) is 10.6. The van der Waals surface area contributed by atoms with E-state index in [2.05, 4.69) is 12.1 Å². The number of aromatic nitrogens is 1. The third-order valence-corrected chi connectivity index (χ3v) is 4.54. The molecule has 0 aliphatic rings. The second-order valence-electron chi connectivity index (χ2n) is 6.73. The first-order valence-corrected chi connectivity index (χ1v) is 9.00. The number of amides is 1. The van der Waals surface area contributed by atoms with Crippen molar-refractivity contribution in [1.29, 1.82) is 0 Å². The molecule has 2 aromatic carbocycles. The van der Waals surface area contributed by atoms with Crippen LogP contribution in [0.3, 0.4) is 0 Å². The van der Waals surface area contributed by atoms with Crippen LogP contribution >= 0.6 is 0 Å². The molecule has 0 unspecified atom stereocenters. The molecule has 3 rings (SSSR count). The van der Waals surface area contributed by atoms with E-state index in [1.54, 1.807) is 25.1 Å². The number of carbonyl (C=O) groups excluding carboxylic acids is 1. The Hall–Kier alpha value is -3.28. The Labute approximate surface area is 164 Å². The van der Waals surface area contributed by atoms with Gasteiger partial charge in [0.05, 0.1) is 7.11 Å². The lowest BCUT2D eigenvalue weighted by molar-refractivity contribution is 0.0774. The van der Waals surface area contributed by atoms with E-state index >= 15 is 0 Å². The minimum Gasteiger partial charge on any atom is -0.497 e. The molecule has 0 aliphatic heterocycles. The van der Waals surface area contributed by atoms with E-state index in [9.17, 15) is 4.79 Å². The first-order valence-electron chi connectivity index (χ1n) is 9.00. The highest BCUT2D eigenvalue weighted by molar-refractivity contribution is 5.92. The minimum atomic E-state index is -0.219. The van der Waals surface area contributed by atoms with Crippen LogP contribution in [0.15, 0.2) is 53.1 Å². The number of methoxy groups -OCH3 is 1. The van der Waals surface area contributed by atoms with Crippen LogP contribution in [0, 0.1) is 13.8 Å². The van der Waals surface area contributed by atoms with Crippen molar-refractivity contribution in [1.82, 2.24) is 10.1 Å². The lowest BCUT2D eigenvalue weighted by Crippen LogP contribution is -2.26. The number of aryl methyl sites for hydroxylation is 2. The fourth-order valence-electron chi connectivity index (χ4n) is 2.75. The lowest BCUT2D eigenvalue weighted by atomic mass is 10.1. The molecule has 0 saturated carbocycles. The molecule has 0 atom stereocenters. The Morgan fingerprint density at radius 3 is 2.64 bits per heavy atom. The van der Waals surface area contributed by atoms with E-state index in [4.69, 9.17) is 14.0 Å². The summed E-state index contributed by atoms with van der Waals surface area (Å²) < 4.78 is 16.2. The average molecular weight is 380 g/mol. The zero-order chi connectivity index (χ0) is 20.1. The van der Waals surface area contributed by atoms with E-state index < -0.39 is 0 Å². The molecule has 1 amide bonds. The Morgan fingerprint density at radius 1 is 1.07 bits per heavy atom. The first kappa shape index (κ1) is 19.5. The largest absolute Gasteiger partial charge is 0.497 e. The molecule has 1 aromatic heterocycles. The fourth-order valence-corrected chi connectivity index (χ4v) is 2.75. The molecule has 0 bridgehead atoms. The van der Waals surface area contributed by atoms with Crippen LogP contribution in [0.2, 0.25) is 0 Å². The van der Waals surface area contributed by atoms with Gasteiger partial charge in [0.2, 0.25) is 0 Å². The van der Waals surface area contributed by atoms with Crippen molar-refractivity contribution >= 4 is 5.91 Å². The molecule has 146 valence electrons. The summed E-state index contributed by atoms with van der Waals surface area (Å²) in [4.78, 5) is 14.2. The van der Waals surface area contributed by atoms with E-state index in [1.807, 2.05) is 49.4 Å². The van der Waals surface area contributed by atoms with Crippen molar-refractivity contribution in [2.45, 2.75) is 27.0 Å². The molecule has 0 radical (unpaired) electrons. The van der Waals surface area contributed by atoms with Gasteiger partial charge in [0.15, 0.2) is 11.5 Å². The van der Waals surface area contributed by atoms with Crippen LogP contribution in [-0.2, 0) is 13.2 Å². The Balaban J connectivity index is 1.60. The summed E-state index contributed by atoms with van der Waals surface area (Å²) in [6.07, 6.45) is 0. The smallest absolute Gasteiger partial charge is 0.276 e. The molecule has 3 aromatic rings. The summed E-state index contributed by atoms with van der Waals surface area (Å²) >= 11 is 0. The second kappa shape index (κ2) is 8.61. The van der Waals surface area contributed by atoms with E-state index in [-0.39, 0.29) is 18.2 Å².